The predicted octanol–water partition coefficient (Wildman–Crippen LogP) is 3.89. The molecular formula is C15H14FNO4. The molecular weight excluding hydrogens is 277 g/mol. The normalized spacial score (nSPS) is 12.0. The van der Waals surface area contributed by atoms with E-state index in [-0.39, 0.29) is 22.7 Å². The third kappa shape index (κ3) is 3.00. The fraction of sp³-hybridized carbons (Fsp3) is 0.200. The van der Waals surface area contributed by atoms with Crippen molar-refractivity contribution in [3.05, 3.63) is 63.5 Å². The average Bonchev–Trinajstić information content (AvgIpc) is 2.42. The van der Waals surface area contributed by atoms with Crippen LogP contribution in [0.2, 0.25) is 0 Å². The van der Waals surface area contributed by atoms with Gasteiger partial charge in [-0.1, -0.05) is 18.2 Å². The zero-order valence-electron chi connectivity index (χ0n) is 11.5. The number of nitrogens with zero attached hydrogens (tertiary/aromatic N) is 1. The van der Waals surface area contributed by atoms with Crippen LogP contribution >= 0.6 is 0 Å². The number of aliphatic hydroxyl groups is 1. The predicted molar refractivity (Wildman–Crippen MR) is 74.9 cm³/mol. The van der Waals surface area contributed by atoms with E-state index in [4.69, 9.17) is 4.74 Å². The highest BCUT2D eigenvalue weighted by Gasteiger charge is 2.19. The molecule has 0 saturated carbocycles. The quantitative estimate of drug-likeness (QED) is 0.685. The number of nitro groups is 1. The van der Waals surface area contributed by atoms with Gasteiger partial charge in [-0.2, -0.15) is 0 Å². The van der Waals surface area contributed by atoms with E-state index in [1.165, 1.54) is 50.2 Å². The molecule has 0 saturated heterocycles. The number of nitro benzene ring substituents is 1. The molecule has 21 heavy (non-hydrogen) atoms. The monoisotopic (exact) mass is 291 g/mol. The Morgan fingerprint density at radius 3 is 2.57 bits per heavy atom. The average molecular weight is 291 g/mol. The number of hydrogen-bond donors (Lipinski definition) is 1. The first-order valence-electron chi connectivity index (χ1n) is 6.30. The first-order chi connectivity index (χ1) is 9.91. The maximum absolute atomic E-state index is 13.9. The van der Waals surface area contributed by atoms with Crippen LogP contribution < -0.4 is 4.74 Å². The molecule has 5 nitrogen and oxygen atoms in total. The van der Waals surface area contributed by atoms with Crippen molar-refractivity contribution in [2.24, 2.45) is 0 Å². The molecule has 1 unspecified atom stereocenters. The minimum Gasteiger partial charge on any atom is -0.453 e. The third-order valence-electron chi connectivity index (χ3n) is 3.11. The van der Waals surface area contributed by atoms with E-state index in [2.05, 4.69) is 0 Å². The smallest absolute Gasteiger partial charge is 0.276 e. The van der Waals surface area contributed by atoms with Crippen LogP contribution in [0.15, 0.2) is 36.4 Å². The molecule has 0 bridgehead atoms. The van der Waals surface area contributed by atoms with E-state index in [0.717, 1.165) is 0 Å². The van der Waals surface area contributed by atoms with Crippen molar-refractivity contribution in [1.29, 1.82) is 0 Å². The van der Waals surface area contributed by atoms with Crippen molar-refractivity contribution in [3.8, 4) is 11.5 Å². The number of halogens is 1. The summed E-state index contributed by atoms with van der Waals surface area (Å²) < 4.78 is 19.4. The van der Waals surface area contributed by atoms with E-state index in [1.54, 1.807) is 0 Å². The summed E-state index contributed by atoms with van der Waals surface area (Å²) in [7, 11) is 0. The van der Waals surface area contributed by atoms with Gasteiger partial charge >= 0.3 is 0 Å². The standard InChI is InChI=1S/C15H14FNO4/c1-9-13(17(19)20)7-4-8-14(9)21-15-11(10(2)18)5-3-6-12(15)16/h3-8,10,18H,1-2H3. The summed E-state index contributed by atoms with van der Waals surface area (Å²) in [5.41, 5.74) is 0.464. The summed E-state index contributed by atoms with van der Waals surface area (Å²) in [4.78, 5) is 10.4. The van der Waals surface area contributed by atoms with E-state index in [0.29, 0.717) is 5.56 Å². The summed E-state index contributed by atoms with van der Waals surface area (Å²) in [6.07, 6.45) is -0.922. The van der Waals surface area contributed by atoms with Crippen molar-refractivity contribution < 1.29 is 19.2 Å². The van der Waals surface area contributed by atoms with Gasteiger partial charge in [0.25, 0.3) is 5.69 Å². The number of benzene rings is 2. The molecule has 110 valence electrons. The summed E-state index contributed by atoms with van der Waals surface area (Å²) in [6.45, 7) is 3.01. The lowest BCUT2D eigenvalue weighted by Crippen LogP contribution is -2.00. The molecule has 0 radical (unpaired) electrons. The van der Waals surface area contributed by atoms with Crippen molar-refractivity contribution >= 4 is 5.69 Å². The first kappa shape index (κ1) is 14.9. The number of para-hydroxylation sites is 1. The van der Waals surface area contributed by atoms with Crippen LogP contribution in [0.1, 0.15) is 24.2 Å². The Bertz CT molecular complexity index is 685. The highest BCUT2D eigenvalue weighted by Crippen LogP contribution is 2.35. The highest BCUT2D eigenvalue weighted by molar-refractivity contribution is 5.51. The molecule has 0 fully saturated rings. The number of hydrogen-bond acceptors (Lipinski definition) is 4. The fourth-order valence-corrected chi connectivity index (χ4v) is 1.98. The Kier molecular flexibility index (Phi) is 4.18. The Labute approximate surface area is 120 Å². The number of rotatable bonds is 4. The Morgan fingerprint density at radius 1 is 1.29 bits per heavy atom. The molecule has 0 aliphatic carbocycles. The minimum atomic E-state index is -0.922. The second-order valence-electron chi connectivity index (χ2n) is 4.59. The van der Waals surface area contributed by atoms with E-state index in [1.807, 2.05) is 0 Å². The van der Waals surface area contributed by atoms with Crippen LogP contribution in [0, 0.1) is 22.9 Å². The summed E-state index contributed by atoms with van der Waals surface area (Å²) in [6, 6.07) is 8.53. The van der Waals surface area contributed by atoms with E-state index < -0.39 is 16.8 Å². The molecule has 0 spiro atoms. The molecule has 1 atom stereocenters. The largest absolute Gasteiger partial charge is 0.453 e. The lowest BCUT2D eigenvalue weighted by molar-refractivity contribution is -0.385. The zero-order valence-corrected chi connectivity index (χ0v) is 11.5. The molecule has 0 aliphatic rings. The molecule has 0 aromatic heterocycles. The number of aliphatic hydroxyl groups excluding tert-OH is 1. The van der Waals surface area contributed by atoms with Crippen LogP contribution in [0.25, 0.3) is 0 Å². The van der Waals surface area contributed by atoms with Crippen LogP contribution in [0.4, 0.5) is 10.1 Å². The first-order valence-corrected chi connectivity index (χ1v) is 6.30. The lowest BCUT2D eigenvalue weighted by Gasteiger charge is -2.15. The lowest BCUT2D eigenvalue weighted by atomic mass is 10.1. The Balaban J connectivity index is 2.49. The molecule has 2 rings (SSSR count). The third-order valence-corrected chi connectivity index (χ3v) is 3.11. The fourth-order valence-electron chi connectivity index (χ4n) is 1.98. The summed E-state index contributed by atoms with van der Waals surface area (Å²) >= 11 is 0. The van der Waals surface area contributed by atoms with Crippen molar-refractivity contribution in [2.75, 3.05) is 0 Å². The SMILES string of the molecule is Cc1c(Oc2c(F)cccc2C(C)O)cccc1[N+](=O)[O-]. The van der Waals surface area contributed by atoms with Crippen LogP contribution in [-0.2, 0) is 0 Å². The van der Waals surface area contributed by atoms with Crippen molar-refractivity contribution in [1.82, 2.24) is 0 Å². The van der Waals surface area contributed by atoms with E-state index >= 15 is 0 Å². The maximum atomic E-state index is 13.9. The number of ether oxygens (including phenoxy) is 1. The van der Waals surface area contributed by atoms with Gasteiger partial charge in [-0.25, -0.2) is 4.39 Å². The minimum absolute atomic E-state index is 0.109. The second-order valence-corrected chi connectivity index (χ2v) is 4.59. The van der Waals surface area contributed by atoms with Gasteiger partial charge in [0.05, 0.1) is 16.6 Å². The van der Waals surface area contributed by atoms with Crippen molar-refractivity contribution in [3.63, 3.8) is 0 Å². The van der Waals surface area contributed by atoms with Crippen molar-refractivity contribution in [2.45, 2.75) is 20.0 Å². The topological polar surface area (TPSA) is 72.6 Å². The van der Waals surface area contributed by atoms with Crippen LogP contribution in [0.5, 0.6) is 11.5 Å². The van der Waals surface area contributed by atoms with Gasteiger partial charge in [0.15, 0.2) is 11.6 Å². The molecule has 0 heterocycles. The molecule has 0 aliphatic heterocycles. The van der Waals surface area contributed by atoms with Gasteiger partial charge in [0, 0.05) is 11.6 Å². The Morgan fingerprint density at radius 2 is 1.95 bits per heavy atom. The van der Waals surface area contributed by atoms with Gasteiger partial charge in [-0.3, -0.25) is 10.1 Å². The maximum Gasteiger partial charge on any atom is 0.276 e. The summed E-state index contributed by atoms with van der Waals surface area (Å²) in [5.74, 6) is -0.591. The highest BCUT2D eigenvalue weighted by atomic mass is 19.1. The van der Waals surface area contributed by atoms with Gasteiger partial charge < -0.3 is 9.84 Å². The molecule has 1 N–H and O–H groups in total. The molecule has 6 heteroatoms. The van der Waals surface area contributed by atoms with Gasteiger partial charge in [0.1, 0.15) is 5.75 Å². The van der Waals surface area contributed by atoms with Gasteiger partial charge in [-0.05, 0) is 26.0 Å². The molecule has 2 aromatic carbocycles. The summed E-state index contributed by atoms with van der Waals surface area (Å²) in [5, 5.41) is 20.6. The zero-order chi connectivity index (χ0) is 15.6. The second kappa shape index (κ2) is 5.88. The Hall–Kier alpha value is -2.47. The molecule has 2 aromatic rings. The van der Waals surface area contributed by atoms with Gasteiger partial charge in [0.2, 0.25) is 0 Å². The van der Waals surface area contributed by atoms with Gasteiger partial charge in [-0.15, -0.1) is 0 Å². The van der Waals surface area contributed by atoms with Crippen LogP contribution in [-0.4, -0.2) is 10.0 Å². The van der Waals surface area contributed by atoms with E-state index in [9.17, 15) is 19.6 Å². The van der Waals surface area contributed by atoms with Crippen LogP contribution in [0.3, 0.4) is 0 Å². The molecule has 0 amide bonds.